The third-order valence-electron chi connectivity index (χ3n) is 11.8. The first-order chi connectivity index (χ1) is 15.3. The summed E-state index contributed by atoms with van der Waals surface area (Å²) in [6.07, 6.45) is 12.6. The topological polar surface area (TPSA) is 66.9 Å². The van der Waals surface area contributed by atoms with Crippen LogP contribution in [0.2, 0.25) is 0 Å². The zero-order valence-electron chi connectivity index (χ0n) is 22.0. The van der Waals surface area contributed by atoms with E-state index in [2.05, 4.69) is 60.3 Å². The minimum Gasteiger partial charge on any atom is -0.369 e. The van der Waals surface area contributed by atoms with Crippen LogP contribution in [-0.4, -0.2) is 5.91 Å². The first-order valence-corrected chi connectivity index (χ1v) is 13.3. The van der Waals surface area contributed by atoms with Crippen LogP contribution in [0.4, 0.5) is 0 Å². The van der Waals surface area contributed by atoms with Crippen LogP contribution in [0.15, 0.2) is 23.8 Å². The SMILES string of the molecule is C=C(C)[C@@H]1CC[C@]2(C)[C@H](CC=C3[C@@H]4CC(C)(C)CC[C@]4(C(N)=O)CC[C@]32C)[C@@]1(C)CCC#N. The Morgan fingerprint density at radius 2 is 1.82 bits per heavy atom. The number of amides is 1. The highest BCUT2D eigenvalue weighted by molar-refractivity contribution is 5.82. The fourth-order valence-corrected chi connectivity index (χ4v) is 9.53. The van der Waals surface area contributed by atoms with E-state index in [1.54, 1.807) is 5.57 Å². The molecule has 0 bridgehead atoms. The molecule has 3 heteroatoms. The molecule has 33 heavy (non-hydrogen) atoms. The predicted octanol–water partition coefficient (Wildman–Crippen LogP) is 7.33. The lowest BCUT2D eigenvalue weighted by atomic mass is 9.35. The van der Waals surface area contributed by atoms with Gasteiger partial charge in [0.15, 0.2) is 0 Å². The number of rotatable bonds is 4. The molecule has 0 heterocycles. The number of nitriles is 1. The highest BCUT2D eigenvalue weighted by Crippen LogP contribution is 2.74. The third-order valence-corrected chi connectivity index (χ3v) is 11.8. The zero-order chi connectivity index (χ0) is 24.4. The van der Waals surface area contributed by atoms with E-state index in [1.165, 1.54) is 12.0 Å². The molecule has 3 fully saturated rings. The predicted molar refractivity (Wildman–Crippen MR) is 135 cm³/mol. The number of nitrogens with zero attached hydrogens (tertiary/aromatic N) is 1. The Morgan fingerprint density at radius 3 is 2.42 bits per heavy atom. The Hall–Kier alpha value is -1.56. The highest BCUT2D eigenvalue weighted by Gasteiger charge is 2.66. The summed E-state index contributed by atoms with van der Waals surface area (Å²) < 4.78 is 0. The van der Waals surface area contributed by atoms with Gasteiger partial charge in [0.2, 0.25) is 5.91 Å². The summed E-state index contributed by atoms with van der Waals surface area (Å²) in [5.41, 5.74) is 9.23. The largest absolute Gasteiger partial charge is 0.369 e. The number of hydrogen-bond donors (Lipinski definition) is 1. The quantitative estimate of drug-likeness (QED) is 0.455. The van der Waals surface area contributed by atoms with E-state index in [9.17, 15) is 10.1 Å². The van der Waals surface area contributed by atoms with Crippen molar-refractivity contribution < 1.29 is 4.79 Å². The van der Waals surface area contributed by atoms with Gasteiger partial charge in [-0.15, -0.1) is 0 Å². The maximum Gasteiger partial charge on any atom is 0.224 e. The monoisotopic (exact) mass is 450 g/mol. The molecular formula is C30H46N2O. The summed E-state index contributed by atoms with van der Waals surface area (Å²) >= 11 is 0. The van der Waals surface area contributed by atoms with Gasteiger partial charge in [0.05, 0.1) is 11.5 Å². The van der Waals surface area contributed by atoms with Crippen molar-refractivity contribution in [3.63, 3.8) is 0 Å². The second-order valence-corrected chi connectivity index (χ2v) is 13.7. The van der Waals surface area contributed by atoms with Gasteiger partial charge in [0.25, 0.3) is 0 Å². The van der Waals surface area contributed by atoms with Crippen molar-refractivity contribution in [2.24, 2.45) is 50.6 Å². The standard InChI is InChI=1S/C30H46N2O/c1-20(2)21-11-13-29(7)24(27(21,5)12-8-18-31)10-9-22-23-19-26(3,4)14-16-30(23,25(32)33)17-15-28(22,29)6/h9,21,23-24H,1,8,10-17,19H2,2-7H3,(H2,32,33)/t21-,23-,24+,27-,28+,29+,30-/m0/s1. The average molecular weight is 451 g/mol. The van der Waals surface area contributed by atoms with Crippen LogP contribution in [0.5, 0.6) is 0 Å². The molecule has 0 saturated heterocycles. The summed E-state index contributed by atoms with van der Waals surface area (Å²) in [4.78, 5) is 13.0. The van der Waals surface area contributed by atoms with E-state index in [1.807, 2.05) is 0 Å². The minimum atomic E-state index is -0.358. The van der Waals surface area contributed by atoms with E-state index in [0.717, 1.165) is 51.4 Å². The van der Waals surface area contributed by atoms with Crippen LogP contribution in [0, 0.1) is 56.2 Å². The van der Waals surface area contributed by atoms with Crippen LogP contribution in [0.25, 0.3) is 0 Å². The molecule has 3 saturated carbocycles. The smallest absolute Gasteiger partial charge is 0.224 e. The van der Waals surface area contributed by atoms with Crippen molar-refractivity contribution in [2.45, 2.75) is 106 Å². The number of fused-ring (bicyclic) bond motifs is 5. The molecule has 0 aromatic carbocycles. The van der Waals surface area contributed by atoms with E-state index >= 15 is 0 Å². The lowest BCUT2D eigenvalue weighted by molar-refractivity contribution is -0.155. The van der Waals surface area contributed by atoms with Gasteiger partial charge < -0.3 is 5.73 Å². The molecular weight excluding hydrogens is 404 g/mol. The fraction of sp³-hybridized carbons (Fsp3) is 0.800. The van der Waals surface area contributed by atoms with Crippen LogP contribution in [-0.2, 0) is 4.79 Å². The molecule has 3 nitrogen and oxygen atoms in total. The summed E-state index contributed by atoms with van der Waals surface area (Å²) in [7, 11) is 0. The Balaban J connectivity index is 1.83. The summed E-state index contributed by atoms with van der Waals surface area (Å²) in [6.45, 7) is 18.8. The molecule has 0 aromatic rings. The molecule has 4 aliphatic carbocycles. The van der Waals surface area contributed by atoms with Gasteiger partial charge in [-0.2, -0.15) is 5.26 Å². The second kappa shape index (κ2) is 7.73. The molecule has 2 N–H and O–H groups in total. The number of carbonyl (C=O) groups is 1. The van der Waals surface area contributed by atoms with Gasteiger partial charge in [-0.05, 0) is 104 Å². The Morgan fingerprint density at radius 1 is 1.15 bits per heavy atom. The molecule has 0 unspecified atom stereocenters. The Bertz CT molecular complexity index is 924. The van der Waals surface area contributed by atoms with Gasteiger partial charge in [0.1, 0.15) is 0 Å². The van der Waals surface area contributed by atoms with Gasteiger partial charge >= 0.3 is 0 Å². The van der Waals surface area contributed by atoms with E-state index in [0.29, 0.717) is 18.3 Å². The molecule has 1 amide bonds. The van der Waals surface area contributed by atoms with Gasteiger partial charge in [-0.3, -0.25) is 4.79 Å². The van der Waals surface area contributed by atoms with Crippen LogP contribution < -0.4 is 5.73 Å². The van der Waals surface area contributed by atoms with Crippen LogP contribution >= 0.6 is 0 Å². The second-order valence-electron chi connectivity index (χ2n) is 13.7. The lowest BCUT2D eigenvalue weighted by Gasteiger charge is -2.69. The summed E-state index contributed by atoms with van der Waals surface area (Å²) in [6, 6.07) is 2.44. The fourth-order valence-electron chi connectivity index (χ4n) is 9.53. The van der Waals surface area contributed by atoms with E-state index < -0.39 is 0 Å². The lowest BCUT2D eigenvalue weighted by Crippen LogP contribution is -2.62. The van der Waals surface area contributed by atoms with Gasteiger partial charge in [0, 0.05) is 6.42 Å². The average Bonchev–Trinajstić information content (AvgIpc) is 2.72. The molecule has 0 spiro atoms. The van der Waals surface area contributed by atoms with Crippen LogP contribution in [0.1, 0.15) is 106 Å². The first kappa shape index (κ1) is 24.6. The number of primary amides is 1. The number of allylic oxidation sites excluding steroid dienone is 3. The molecule has 7 atom stereocenters. The molecule has 4 rings (SSSR count). The normalized spacial score (nSPS) is 46.1. The van der Waals surface area contributed by atoms with Gasteiger partial charge in [-0.1, -0.05) is 58.4 Å². The first-order valence-electron chi connectivity index (χ1n) is 13.3. The minimum absolute atomic E-state index is 0.0666. The van der Waals surface area contributed by atoms with Crippen molar-refractivity contribution in [2.75, 3.05) is 0 Å². The molecule has 0 aromatic heterocycles. The van der Waals surface area contributed by atoms with E-state index in [4.69, 9.17) is 5.73 Å². The van der Waals surface area contributed by atoms with Crippen molar-refractivity contribution in [1.29, 1.82) is 5.26 Å². The molecule has 182 valence electrons. The van der Waals surface area contributed by atoms with Crippen molar-refractivity contribution in [3.05, 3.63) is 23.8 Å². The van der Waals surface area contributed by atoms with Gasteiger partial charge in [-0.25, -0.2) is 0 Å². The van der Waals surface area contributed by atoms with Crippen molar-refractivity contribution in [1.82, 2.24) is 0 Å². The highest BCUT2D eigenvalue weighted by atomic mass is 16.1. The number of hydrogen-bond acceptors (Lipinski definition) is 2. The summed E-state index contributed by atoms with van der Waals surface area (Å²) in [5, 5.41) is 9.47. The van der Waals surface area contributed by atoms with Crippen molar-refractivity contribution >= 4 is 5.91 Å². The third kappa shape index (κ3) is 3.30. The van der Waals surface area contributed by atoms with Crippen molar-refractivity contribution in [3.8, 4) is 6.07 Å². The Kier molecular flexibility index (Phi) is 5.75. The van der Waals surface area contributed by atoms with Crippen LogP contribution in [0.3, 0.4) is 0 Å². The zero-order valence-corrected chi connectivity index (χ0v) is 22.0. The maximum atomic E-state index is 13.0. The number of nitrogens with two attached hydrogens (primary N) is 1. The number of carbonyl (C=O) groups excluding carboxylic acids is 1. The maximum absolute atomic E-state index is 13.0. The molecule has 0 aliphatic heterocycles. The molecule has 4 aliphatic rings. The Labute approximate surface area is 202 Å². The molecule has 0 radical (unpaired) electrons. The summed E-state index contributed by atoms with van der Waals surface area (Å²) in [5.74, 6) is 1.21. The van der Waals surface area contributed by atoms with E-state index in [-0.39, 0.29) is 38.9 Å².